The Labute approximate surface area is 107 Å². The molecule has 18 heavy (non-hydrogen) atoms. The van der Waals surface area contributed by atoms with Crippen molar-refractivity contribution >= 4 is 27.4 Å². The number of benzene rings is 1. The molecule has 0 saturated heterocycles. The van der Waals surface area contributed by atoms with E-state index in [0.29, 0.717) is 18.1 Å². The third-order valence-corrected chi connectivity index (χ3v) is 3.48. The standard InChI is InChI=1S/C13H10FN3S/c14-9-3-1-8(2-4-9)7-11-16-12(15)10-5-6-18-13(10)17-11/h1-6H,7H2,(H2,15,16,17). The Hall–Kier alpha value is -2.01. The Bertz CT molecular complexity index is 691. The lowest BCUT2D eigenvalue weighted by Crippen LogP contribution is -2.00. The predicted molar refractivity (Wildman–Crippen MR) is 71.0 cm³/mol. The lowest BCUT2D eigenvalue weighted by atomic mass is 10.1. The molecule has 0 unspecified atom stereocenters. The summed E-state index contributed by atoms with van der Waals surface area (Å²) in [7, 11) is 0. The maximum atomic E-state index is 12.8. The van der Waals surface area contributed by atoms with Gasteiger partial charge in [0.25, 0.3) is 0 Å². The Morgan fingerprint density at radius 1 is 1.11 bits per heavy atom. The van der Waals surface area contributed by atoms with Gasteiger partial charge < -0.3 is 5.73 Å². The second-order valence-corrected chi connectivity index (χ2v) is 4.86. The van der Waals surface area contributed by atoms with E-state index in [1.54, 1.807) is 12.1 Å². The number of fused-ring (bicyclic) bond motifs is 1. The van der Waals surface area contributed by atoms with E-state index in [-0.39, 0.29) is 5.82 Å². The molecule has 90 valence electrons. The first-order valence-corrected chi connectivity index (χ1v) is 6.34. The average Bonchev–Trinajstić information content (AvgIpc) is 2.81. The molecular weight excluding hydrogens is 249 g/mol. The molecule has 0 fully saturated rings. The van der Waals surface area contributed by atoms with Crippen molar-refractivity contribution in [3.8, 4) is 0 Å². The number of nitrogen functional groups attached to an aromatic ring is 1. The van der Waals surface area contributed by atoms with Crippen molar-refractivity contribution in [2.24, 2.45) is 0 Å². The van der Waals surface area contributed by atoms with E-state index in [1.807, 2.05) is 11.4 Å². The van der Waals surface area contributed by atoms with Gasteiger partial charge in [0.15, 0.2) is 0 Å². The number of thiophene rings is 1. The van der Waals surface area contributed by atoms with Crippen LogP contribution in [0.2, 0.25) is 0 Å². The number of rotatable bonds is 2. The zero-order valence-corrected chi connectivity index (χ0v) is 10.2. The minimum Gasteiger partial charge on any atom is -0.383 e. The molecule has 0 aliphatic heterocycles. The summed E-state index contributed by atoms with van der Waals surface area (Å²) in [4.78, 5) is 9.61. The Balaban J connectivity index is 1.97. The molecule has 0 atom stereocenters. The molecule has 3 nitrogen and oxygen atoms in total. The van der Waals surface area contributed by atoms with Gasteiger partial charge in [0.05, 0.1) is 5.39 Å². The van der Waals surface area contributed by atoms with Crippen molar-refractivity contribution in [3.63, 3.8) is 0 Å². The summed E-state index contributed by atoms with van der Waals surface area (Å²) in [6, 6.07) is 8.24. The normalized spacial score (nSPS) is 10.9. The van der Waals surface area contributed by atoms with Crippen LogP contribution in [-0.4, -0.2) is 9.97 Å². The molecule has 2 heterocycles. The van der Waals surface area contributed by atoms with E-state index in [9.17, 15) is 4.39 Å². The molecular formula is C13H10FN3S. The second-order valence-electron chi connectivity index (χ2n) is 3.97. The minimum absolute atomic E-state index is 0.243. The van der Waals surface area contributed by atoms with Gasteiger partial charge in [-0.15, -0.1) is 11.3 Å². The van der Waals surface area contributed by atoms with Crippen molar-refractivity contribution in [1.29, 1.82) is 0 Å². The highest BCUT2D eigenvalue weighted by molar-refractivity contribution is 7.16. The molecule has 0 radical (unpaired) electrons. The largest absolute Gasteiger partial charge is 0.383 e. The molecule has 2 N–H and O–H groups in total. The molecule has 0 amide bonds. The van der Waals surface area contributed by atoms with Gasteiger partial charge in [-0.25, -0.2) is 14.4 Å². The number of hydrogen-bond donors (Lipinski definition) is 1. The Kier molecular flexibility index (Phi) is 2.68. The monoisotopic (exact) mass is 259 g/mol. The van der Waals surface area contributed by atoms with Crippen LogP contribution in [0, 0.1) is 5.82 Å². The van der Waals surface area contributed by atoms with Gasteiger partial charge in [0, 0.05) is 6.42 Å². The first-order chi connectivity index (χ1) is 8.72. The topological polar surface area (TPSA) is 51.8 Å². The summed E-state index contributed by atoms with van der Waals surface area (Å²) in [6.45, 7) is 0. The number of hydrogen-bond acceptors (Lipinski definition) is 4. The average molecular weight is 259 g/mol. The van der Waals surface area contributed by atoms with Crippen molar-refractivity contribution in [1.82, 2.24) is 9.97 Å². The van der Waals surface area contributed by atoms with Crippen molar-refractivity contribution in [3.05, 3.63) is 52.9 Å². The molecule has 5 heteroatoms. The molecule has 2 aromatic heterocycles. The van der Waals surface area contributed by atoms with E-state index in [2.05, 4.69) is 9.97 Å². The van der Waals surface area contributed by atoms with Crippen molar-refractivity contribution in [2.75, 3.05) is 5.73 Å². The molecule has 3 aromatic rings. The number of anilines is 1. The van der Waals surface area contributed by atoms with E-state index < -0.39 is 0 Å². The van der Waals surface area contributed by atoms with E-state index in [1.165, 1.54) is 23.5 Å². The summed E-state index contributed by atoms with van der Waals surface area (Å²) in [5.74, 6) is 0.917. The first-order valence-electron chi connectivity index (χ1n) is 5.46. The fraction of sp³-hybridized carbons (Fsp3) is 0.0769. The zero-order chi connectivity index (χ0) is 12.5. The van der Waals surface area contributed by atoms with Crippen molar-refractivity contribution < 1.29 is 4.39 Å². The summed E-state index contributed by atoms with van der Waals surface area (Å²) in [6.07, 6.45) is 0.554. The van der Waals surface area contributed by atoms with Crippen LogP contribution in [0.3, 0.4) is 0 Å². The van der Waals surface area contributed by atoms with E-state index >= 15 is 0 Å². The minimum atomic E-state index is -0.243. The third kappa shape index (κ3) is 2.04. The number of nitrogens with two attached hydrogens (primary N) is 1. The van der Waals surface area contributed by atoms with Crippen LogP contribution in [-0.2, 0) is 6.42 Å². The Morgan fingerprint density at radius 3 is 2.67 bits per heavy atom. The number of aromatic nitrogens is 2. The van der Waals surface area contributed by atoms with Gasteiger partial charge in [0.1, 0.15) is 22.3 Å². The second kappa shape index (κ2) is 4.34. The lowest BCUT2D eigenvalue weighted by Gasteiger charge is -2.02. The summed E-state index contributed by atoms with van der Waals surface area (Å²) in [5, 5.41) is 2.83. The van der Waals surface area contributed by atoms with Gasteiger partial charge in [-0.2, -0.15) is 0 Å². The van der Waals surface area contributed by atoms with Crippen LogP contribution in [0.15, 0.2) is 35.7 Å². The van der Waals surface area contributed by atoms with Crippen LogP contribution in [0.5, 0.6) is 0 Å². The van der Waals surface area contributed by atoms with Crippen LogP contribution in [0.1, 0.15) is 11.4 Å². The highest BCUT2D eigenvalue weighted by Gasteiger charge is 2.07. The fourth-order valence-electron chi connectivity index (χ4n) is 1.79. The molecule has 0 saturated carbocycles. The summed E-state index contributed by atoms with van der Waals surface area (Å²) >= 11 is 1.54. The summed E-state index contributed by atoms with van der Waals surface area (Å²) < 4.78 is 12.8. The highest BCUT2D eigenvalue weighted by Crippen LogP contribution is 2.23. The van der Waals surface area contributed by atoms with Crippen LogP contribution in [0.4, 0.5) is 10.2 Å². The smallest absolute Gasteiger partial charge is 0.136 e. The quantitative estimate of drug-likeness (QED) is 0.769. The third-order valence-electron chi connectivity index (χ3n) is 2.68. The van der Waals surface area contributed by atoms with Crippen LogP contribution >= 0.6 is 11.3 Å². The van der Waals surface area contributed by atoms with Gasteiger partial charge in [-0.3, -0.25) is 0 Å². The highest BCUT2D eigenvalue weighted by atomic mass is 32.1. The zero-order valence-electron chi connectivity index (χ0n) is 9.43. The molecule has 3 rings (SSSR count). The predicted octanol–water partition coefficient (Wildman–Crippen LogP) is 3.00. The van der Waals surface area contributed by atoms with Gasteiger partial charge in [-0.05, 0) is 29.1 Å². The van der Waals surface area contributed by atoms with Gasteiger partial charge in [-0.1, -0.05) is 12.1 Å². The molecule has 1 aromatic carbocycles. The Morgan fingerprint density at radius 2 is 1.89 bits per heavy atom. The van der Waals surface area contributed by atoms with E-state index in [0.717, 1.165) is 15.8 Å². The molecule has 0 spiro atoms. The maximum absolute atomic E-state index is 12.8. The molecule has 0 aliphatic carbocycles. The number of nitrogens with zero attached hydrogens (tertiary/aromatic N) is 2. The molecule has 0 bridgehead atoms. The fourth-order valence-corrected chi connectivity index (χ4v) is 2.58. The first kappa shape index (κ1) is 11.1. The van der Waals surface area contributed by atoms with Gasteiger partial charge in [0.2, 0.25) is 0 Å². The maximum Gasteiger partial charge on any atom is 0.136 e. The SMILES string of the molecule is Nc1nc(Cc2ccc(F)cc2)nc2sccc12. The molecule has 0 aliphatic rings. The lowest BCUT2D eigenvalue weighted by molar-refractivity contribution is 0.627. The van der Waals surface area contributed by atoms with Gasteiger partial charge >= 0.3 is 0 Å². The van der Waals surface area contributed by atoms with Crippen LogP contribution < -0.4 is 5.73 Å². The van der Waals surface area contributed by atoms with Crippen molar-refractivity contribution in [2.45, 2.75) is 6.42 Å². The van der Waals surface area contributed by atoms with Crippen LogP contribution in [0.25, 0.3) is 10.2 Å². The number of halogens is 1. The summed E-state index contributed by atoms with van der Waals surface area (Å²) in [5.41, 5.74) is 6.84. The van der Waals surface area contributed by atoms with E-state index in [4.69, 9.17) is 5.73 Å².